The third-order valence-corrected chi connectivity index (χ3v) is 5.50. The number of hydrogen-bond donors (Lipinski definition) is 2. The van der Waals surface area contributed by atoms with Gasteiger partial charge in [-0.15, -0.1) is 0 Å². The van der Waals surface area contributed by atoms with E-state index in [4.69, 9.17) is 9.26 Å². The molecule has 3 rings (SSSR count). The van der Waals surface area contributed by atoms with Gasteiger partial charge in [-0.05, 0) is 50.1 Å². The van der Waals surface area contributed by atoms with Gasteiger partial charge in [0.15, 0.2) is 6.61 Å². The molecule has 0 spiro atoms. The zero-order chi connectivity index (χ0) is 23.1. The Morgan fingerprint density at radius 3 is 2.69 bits per heavy atom. The fourth-order valence-corrected chi connectivity index (χ4v) is 3.56. The lowest BCUT2D eigenvalue weighted by Gasteiger charge is -2.11. The molecule has 0 atom stereocenters. The molecular formula is C22H22N4O5S. The molecule has 0 aliphatic carbocycles. The van der Waals surface area contributed by atoms with Crippen LogP contribution >= 0.6 is 11.8 Å². The summed E-state index contributed by atoms with van der Waals surface area (Å²) in [6, 6.07) is 9.68. The standard InChI is InChI=1S/C22H22N4O5S/c1-13-6-4-8-18(15(13)3)24-22(29)25-19(27)11-30-21(28)17-7-5-9-23-20(17)32-12-16-10-14(2)31-26-16/h4-10H,11-12H2,1-3H3,(H2,24,25,27,29). The third kappa shape index (κ3) is 6.17. The quantitative estimate of drug-likeness (QED) is 0.408. The number of rotatable bonds is 7. The molecule has 2 aromatic heterocycles. The summed E-state index contributed by atoms with van der Waals surface area (Å²) in [5, 5.41) is 9.08. The van der Waals surface area contributed by atoms with E-state index in [-0.39, 0.29) is 5.56 Å². The molecule has 2 heterocycles. The number of thioether (sulfide) groups is 1. The number of carbonyl (C=O) groups excluding carboxylic acids is 3. The van der Waals surface area contributed by atoms with Crippen molar-refractivity contribution in [1.29, 1.82) is 0 Å². The molecule has 0 bridgehead atoms. The molecule has 0 unspecified atom stereocenters. The maximum atomic E-state index is 12.5. The number of esters is 1. The van der Waals surface area contributed by atoms with E-state index < -0.39 is 24.5 Å². The maximum Gasteiger partial charge on any atom is 0.341 e. The Labute approximate surface area is 188 Å². The van der Waals surface area contributed by atoms with Gasteiger partial charge in [0.1, 0.15) is 10.8 Å². The number of hydrogen-bond acceptors (Lipinski definition) is 8. The number of aryl methyl sites for hydroxylation is 2. The zero-order valence-corrected chi connectivity index (χ0v) is 18.6. The van der Waals surface area contributed by atoms with Crippen molar-refractivity contribution in [2.24, 2.45) is 0 Å². The summed E-state index contributed by atoms with van der Waals surface area (Å²) in [6.07, 6.45) is 1.55. The summed E-state index contributed by atoms with van der Waals surface area (Å²) >= 11 is 1.29. The largest absolute Gasteiger partial charge is 0.452 e. The van der Waals surface area contributed by atoms with Crippen LogP contribution in [0.25, 0.3) is 0 Å². The van der Waals surface area contributed by atoms with Gasteiger partial charge in [0.2, 0.25) is 0 Å². The first-order chi connectivity index (χ1) is 15.3. The Morgan fingerprint density at radius 2 is 1.94 bits per heavy atom. The van der Waals surface area contributed by atoms with Crippen LogP contribution in [0.15, 0.2) is 52.1 Å². The summed E-state index contributed by atoms with van der Waals surface area (Å²) < 4.78 is 10.1. The lowest BCUT2D eigenvalue weighted by Crippen LogP contribution is -2.37. The van der Waals surface area contributed by atoms with E-state index in [1.54, 1.807) is 43.5 Å². The van der Waals surface area contributed by atoms with E-state index in [0.717, 1.165) is 11.1 Å². The monoisotopic (exact) mass is 454 g/mol. The number of urea groups is 1. The number of carbonyl (C=O) groups is 3. The first kappa shape index (κ1) is 23.0. The summed E-state index contributed by atoms with van der Waals surface area (Å²) in [4.78, 5) is 40.8. The van der Waals surface area contributed by atoms with E-state index in [1.165, 1.54) is 11.8 Å². The molecule has 0 saturated carbocycles. The molecular weight excluding hydrogens is 432 g/mol. The van der Waals surface area contributed by atoms with Crippen LogP contribution in [0.4, 0.5) is 10.5 Å². The Kier molecular flexibility index (Phi) is 7.61. The highest BCUT2D eigenvalue weighted by Gasteiger charge is 2.17. The topological polar surface area (TPSA) is 123 Å². The van der Waals surface area contributed by atoms with Gasteiger partial charge in [-0.2, -0.15) is 0 Å². The number of anilines is 1. The van der Waals surface area contributed by atoms with Crippen molar-refractivity contribution in [3.05, 3.63) is 70.7 Å². The molecule has 3 amide bonds. The number of nitrogens with one attached hydrogen (secondary N) is 2. The average Bonchev–Trinajstić information content (AvgIpc) is 3.19. The van der Waals surface area contributed by atoms with Gasteiger partial charge in [-0.25, -0.2) is 14.6 Å². The number of nitrogens with zero attached hydrogens (tertiary/aromatic N) is 2. The number of pyridine rings is 1. The van der Waals surface area contributed by atoms with Crippen LogP contribution in [0.3, 0.4) is 0 Å². The fraction of sp³-hybridized carbons (Fsp3) is 0.227. The van der Waals surface area contributed by atoms with Gasteiger partial charge in [-0.3, -0.25) is 10.1 Å². The second-order valence-electron chi connectivity index (χ2n) is 6.90. The summed E-state index contributed by atoms with van der Waals surface area (Å²) in [5.41, 5.74) is 3.42. The number of imide groups is 1. The predicted octanol–water partition coefficient (Wildman–Crippen LogP) is 3.79. The normalized spacial score (nSPS) is 10.5. The molecule has 1 aromatic carbocycles. The van der Waals surface area contributed by atoms with Crippen LogP contribution in [-0.4, -0.2) is 34.7 Å². The van der Waals surface area contributed by atoms with Crippen LogP contribution in [0, 0.1) is 20.8 Å². The van der Waals surface area contributed by atoms with E-state index in [1.807, 2.05) is 19.9 Å². The molecule has 9 nitrogen and oxygen atoms in total. The Hall–Kier alpha value is -3.66. The molecule has 0 saturated heterocycles. The molecule has 0 aliphatic rings. The summed E-state index contributed by atoms with van der Waals surface area (Å²) in [6.45, 7) is 4.96. The van der Waals surface area contributed by atoms with Crippen LogP contribution in [0.2, 0.25) is 0 Å². The fourth-order valence-electron chi connectivity index (χ4n) is 2.70. The minimum Gasteiger partial charge on any atom is -0.452 e. The van der Waals surface area contributed by atoms with E-state index in [2.05, 4.69) is 20.8 Å². The molecule has 2 N–H and O–H groups in total. The number of amides is 3. The van der Waals surface area contributed by atoms with Crippen molar-refractivity contribution in [3.8, 4) is 0 Å². The Bertz CT molecular complexity index is 1140. The SMILES string of the molecule is Cc1cc(CSc2ncccc2C(=O)OCC(=O)NC(=O)Nc2cccc(C)c2C)no1. The third-order valence-electron chi connectivity index (χ3n) is 4.46. The minimum absolute atomic E-state index is 0.213. The van der Waals surface area contributed by atoms with Gasteiger partial charge in [-0.1, -0.05) is 29.1 Å². The second-order valence-corrected chi connectivity index (χ2v) is 7.86. The lowest BCUT2D eigenvalue weighted by molar-refractivity contribution is -0.123. The average molecular weight is 455 g/mol. The van der Waals surface area contributed by atoms with Crippen LogP contribution in [0.5, 0.6) is 0 Å². The van der Waals surface area contributed by atoms with Crippen molar-refractivity contribution in [2.75, 3.05) is 11.9 Å². The van der Waals surface area contributed by atoms with E-state index in [9.17, 15) is 14.4 Å². The zero-order valence-electron chi connectivity index (χ0n) is 17.8. The van der Waals surface area contributed by atoms with E-state index >= 15 is 0 Å². The van der Waals surface area contributed by atoms with Gasteiger partial charge < -0.3 is 14.6 Å². The van der Waals surface area contributed by atoms with Gasteiger partial charge in [0.25, 0.3) is 5.91 Å². The summed E-state index contributed by atoms with van der Waals surface area (Å²) in [7, 11) is 0. The first-order valence-corrected chi connectivity index (χ1v) is 10.7. The van der Waals surface area contributed by atoms with Crippen LogP contribution in [-0.2, 0) is 15.3 Å². The molecule has 32 heavy (non-hydrogen) atoms. The smallest absolute Gasteiger partial charge is 0.341 e. The van der Waals surface area contributed by atoms with Crippen molar-refractivity contribution >= 4 is 35.4 Å². The number of ether oxygens (including phenoxy) is 1. The molecule has 0 aliphatic heterocycles. The number of benzene rings is 1. The highest BCUT2D eigenvalue weighted by Crippen LogP contribution is 2.24. The highest BCUT2D eigenvalue weighted by molar-refractivity contribution is 7.98. The highest BCUT2D eigenvalue weighted by atomic mass is 32.2. The van der Waals surface area contributed by atoms with Crippen LogP contribution < -0.4 is 10.6 Å². The molecule has 10 heteroatoms. The van der Waals surface area contributed by atoms with Crippen molar-refractivity contribution < 1.29 is 23.6 Å². The molecule has 0 fully saturated rings. The summed E-state index contributed by atoms with van der Waals surface area (Å²) in [5.74, 6) is -0.332. The van der Waals surface area contributed by atoms with Crippen molar-refractivity contribution in [1.82, 2.24) is 15.5 Å². The lowest BCUT2D eigenvalue weighted by atomic mass is 10.1. The predicted molar refractivity (Wildman–Crippen MR) is 118 cm³/mol. The maximum absolute atomic E-state index is 12.5. The van der Waals surface area contributed by atoms with E-state index in [0.29, 0.717) is 27.9 Å². The Balaban J connectivity index is 1.52. The van der Waals surface area contributed by atoms with Gasteiger partial charge in [0.05, 0.1) is 11.3 Å². The number of aromatic nitrogens is 2. The van der Waals surface area contributed by atoms with Gasteiger partial charge in [0, 0.05) is 23.7 Å². The first-order valence-electron chi connectivity index (χ1n) is 9.67. The van der Waals surface area contributed by atoms with Crippen molar-refractivity contribution in [2.45, 2.75) is 31.6 Å². The van der Waals surface area contributed by atoms with Gasteiger partial charge >= 0.3 is 12.0 Å². The Morgan fingerprint density at radius 1 is 1.12 bits per heavy atom. The minimum atomic E-state index is -0.752. The molecule has 0 radical (unpaired) electrons. The second kappa shape index (κ2) is 10.6. The van der Waals surface area contributed by atoms with Crippen LogP contribution in [0.1, 0.15) is 32.9 Å². The van der Waals surface area contributed by atoms with Crippen molar-refractivity contribution in [3.63, 3.8) is 0 Å². The molecule has 3 aromatic rings. The molecule has 166 valence electrons.